The molecule has 1 heterocycles. The van der Waals surface area contributed by atoms with Gasteiger partial charge in [0.2, 0.25) is 0 Å². The fourth-order valence-corrected chi connectivity index (χ4v) is 2.55. The van der Waals surface area contributed by atoms with Gasteiger partial charge in [0.1, 0.15) is 0 Å². The summed E-state index contributed by atoms with van der Waals surface area (Å²) >= 11 is 0. The van der Waals surface area contributed by atoms with Crippen LogP contribution in [0.3, 0.4) is 0 Å². The molecule has 130 valence electrons. The summed E-state index contributed by atoms with van der Waals surface area (Å²) in [5.74, 6) is -2.98. The van der Waals surface area contributed by atoms with Gasteiger partial charge in [0, 0.05) is 18.7 Å². The minimum absolute atomic E-state index is 0.0347. The average molecular weight is 346 g/mol. The molecule has 1 N–H and O–H groups in total. The molecule has 7 heteroatoms. The van der Waals surface area contributed by atoms with Crippen molar-refractivity contribution in [2.75, 3.05) is 31.6 Å². The van der Waals surface area contributed by atoms with Crippen LogP contribution >= 0.6 is 0 Å². The molecule has 0 saturated carbocycles. The van der Waals surface area contributed by atoms with Crippen molar-refractivity contribution >= 4 is 17.5 Å². The predicted octanol–water partition coefficient (Wildman–Crippen LogP) is 2.69. The Labute approximate surface area is 143 Å². The van der Waals surface area contributed by atoms with E-state index < -0.39 is 17.5 Å². The van der Waals surface area contributed by atoms with Crippen molar-refractivity contribution in [2.45, 2.75) is 0 Å². The number of nitrogens with zero attached hydrogens (tertiary/aromatic N) is 1. The first-order valence-electron chi connectivity index (χ1n) is 7.79. The van der Waals surface area contributed by atoms with Crippen LogP contribution in [0.5, 0.6) is 0 Å². The van der Waals surface area contributed by atoms with Crippen molar-refractivity contribution in [1.29, 1.82) is 0 Å². The average Bonchev–Trinajstić information content (AvgIpc) is 2.64. The van der Waals surface area contributed by atoms with Crippen LogP contribution in [0.15, 0.2) is 42.5 Å². The number of hydrogen-bond acceptors (Lipinski definition) is 3. The third kappa shape index (κ3) is 3.83. The van der Waals surface area contributed by atoms with E-state index in [-0.39, 0.29) is 11.5 Å². The topological polar surface area (TPSA) is 58.6 Å². The summed E-state index contributed by atoms with van der Waals surface area (Å²) in [5.41, 5.74) is 0.613. The smallest absolute Gasteiger partial charge is 0.256 e. The maximum Gasteiger partial charge on any atom is 0.256 e. The van der Waals surface area contributed by atoms with E-state index >= 15 is 0 Å². The highest BCUT2D eigenvalue weighted by Gasteiger charge is 2.22. The molecule has 5 nitrogen and oxygen atoms in total. The standard InChI is InChI=1S/C18H16F2N2O3/c19-14-6-5-12(11-15(14)20)17(23)21-16-4-2-1-3-13(16)18(24)22-7-9-25-10-8-22/h1-6,11H,7-10H2,(H,21,23). The van der Waals surface area contributed by atoms with E-state index in [1.165, 1.54) is 6.07 Å². The predicted molar refractivity (Wildman–Crippen MR) is 87.5 cm³/mol. The lowest BCUT2D eigenvalue weighted by Crippen LogP contribution is -2.41. The minimum atomic E-state index is -1.11. The van der Waals surface area contributed by atoms with E-state index in [0.29, 0.717) is 37.6 Å². The summed E-state index contributed by atoms with van der Waals surface area (Å²) in [6.45, 7) is 1.89. The van der Waals surface area contributed by atoms with E-state index in [4.69, 9.17) is 4.74 Å². The van der Waals surface area contributed by atoms with Gasteiger partial charge in [-0.05, 0) is 30.3 Å². The number of halogens is 2. The number of amides is 2. The molecular formula is C18H16F2N2O3. The summed E-state index contributed by atoms with van der Waals surface area (Å²) in [6, 6.07) is 9.45. The van der Waals surface area contributed by atoms with Gasteiger partial charge in [-0.2, -0.15) is 0 Å². The van der Waals surface area contributed by atoms with Crippen LogP contribution in [0.25, 0.3) is 0 Å². The number of carbonyl (C=O) groups excluding carboxylic acids is 2. The number of anilines is 1. The molecule has 0 aliphatic carbocycles. The Hall–Kier alpha value is -2.80. The molecule has 0 spiro atoms. The molecule has 0 unspecified atom stereocenters. The molecule has 25 heavy (non-hydrogen) atoms. The third-order valence-corrected chi connectivity index (χ3v) is 3.89. The van der Waals surface area contributed by atoms with Gasteiger partial charge in [0.05, 0.1) is 24.5 Å². The van der Waals surface area contributed by atoms with Gasteiger partial charge in [-0.1, -0.05) is 12.1 Å². The largest absolute Gasteiger partial charge is 0.378 e. The number of ether oxygens (including phenoxy) is 1. The number of hydrogen-bond donors (Lipinski definition) is 1. The molecule has 2 amide bonds. The molecule has 2 aromatic rings. The second kappa shape index (κ2) is 7.40. The molecular weight excluding hydrogens is 330 g/mol. The summed E-state index contributed by atoms with van der Waals surface area (Å²) < 4.78 is 31.5. The first-order valence-corrected chi connectivity index (χ1v) is 7.79. The lowest BCUT2D eigenvalue weighted by molar-refractivity contribution is 0.0303. The van der Waals surface area contributed by atoms with Crippen LogP contribution in [0.1, 0.15) is 20.7 Å². The molecule has 1 aliphatic rings. The highest BCUT2D eigenvalue weighted by molar-refractivity contribution is 6.09. The highest BCUT2D eigenvalue weighted by atomic mass is 19.2. The lowest BCUT2D eigenvalue weighted by Gasteiger charge is -2.27. The fraction of sp³-hybridized carbons (Fsp3) is 0.222. The maximum absolute atomic E-state index is 13.3. The maximum atomic E-state index is 13.3. The Morgan fingerprint density at radius 1 is 1.00 bits per heavy atom. The quantitative estimate of drug-likeness (QED) is 0.930. The van der Waals surface area contributed by atoms with Crippen molar-refractivity contribution in [1.82, 2.24) is 4.90 Å². The molecule has 3 rings (SSSR count). The molecule has 0 atom stereocenters. The Balaban J connectivity index is 1.81. The number of benzene rings is 2. The van der Waals surface area contributed by atoms with Gasteiger partial charge in [0.15, 0.2) is 11.6 Å². The highest BCUT2D eigenvalue weighted by Crippen LogP contribution is 2.19. The Kier molecular flexibility index (Phi) is 5.04. The minimum Gasteiger partial charge on any atom is -0.378 e. The Morgan fingerprint density at radius 2 is 1.72 bits per heavy atom. The van der Waals surface area contributed by atoms with E-state index in [0.717, 1.165) is 12.1 Å². The zero-order valence-corrected chi connectivity index (χ0v) is 13.3. The van der Waals surface area contributed by atoms with Crippen LogP contribution in [0.4, 0.5) is 14.5 Å². The van der Waals surface area contributed by atoms with E-state index in [1.807, 2.05) is 0 Å². The summed E-state index contributed by atoms with van der Waals surface area (Å²) in [7, 11) is 0. The van der Waals surface area contributed by atoms with Gasteiger partial charge in [-0.25, -0.2) is 8.78 Å². The lowest BCUT2D eigenvalue weighted by atomic mass is 10.1. The molecule has 1 aliphatic heterocycles. The molecule has 2 aromatic carbocycles. The Bertz CT molecular complexity index is 805. The van der Waals surface area contributed by atoms with Gasteiger partial charge < -0.3 is 15.0 Å². The monoisotopic (exact) mass is 346 g/mol. The zero-order valence-electron chi connectivity index (χ0n) is 13.3. The second-order valence-electron chi connectivity index (χ2n) is 5.53. The summed E-state index contributed by atoms with van der Waals surface area (Å²) in [6.07, 6.45) is 0. The molecule has 0 bridgehead atoms. The number of para-hydroxylation sites is 1. The van der Waals surface area contributed by atoms with Crippen molar-refractivity contribution in [3.05, 3.63) is 65.2 Å². The van der Waals surface area contributed by atoms with Crippen LogP contribution in [0.2, 0.25) is 0 Å². The third-order valence-electron chi connectivity index (χ3n) is 3.89. The van der Waals surface area contributed by atoms with Crippen molar-refractivity contribution in [3.63, 3.8) is 0 Å². The number of rotatable bonds is 3. The van der Waals surface area contributed by atoms with Crippen molar-refractivity contribution in [2.24, 2.45) is 0 Å². The van der Waals surface area contributed by atoms with Gasteiger partial charge >= 0.3 is 0 Å². The number of morpholine rings is 1. The zero-order chi connectivity index (χ0) is 17.8. The molecule has 0 aromatic heterocycles. The second-order valence-corrected chi connectivity index (χ2v) is 5.53. The van der Waals surface area contributed by atoms with Gasteiger partial charge in [-0.3, -0.25) is 9.59 Å². The summed E-state index contributed by atoms with van der Waals surface area (Å²) in [5, 5.41) is 2.59. The van der Waals surface area contributed by atoms with Crippen LogP contribution in [0, 0.1) is 11.6 Å². The van der Waals surface area contributed by atoms with Crippen LogP contribution in [-0.4, -0.2) is 43.0 Å². The van der Waals surface area contributed by atoms with Crippen LogP contribution in [-0.2, 0) is 4.74 Å². The van der Waals surface area contributed by atoms with Crippen LogP contribution < -0.4 is 5.32 Å². The van der Waals surface area contributed by atoms with Gasteiger partial charge in [-0.15, -0.1) is 0 Å². The van der Waals surface area contributed by atoms with Crippen molar-refractivity contribution < 1.29 is 23.1 Å². The van der Waals surface area contributed by atoms with Crippen molar-refractivity contribution in [3.8, 4) is 0 Å². The van der Waals surface area contributed by atoms with Gasteiger partial charge in [0.25, 0.3) is 11.8 Å². The first kappa shape index (κ1) is 17.0. The number of carbonyl (C=O) groups is 2. The molecule has 1 fully saturated rings. The SMILES string of the molecule is O=C(Nc1ccccc1C(=O)N1CCOCC1)c1ccc(F)c(F)c1. The van der Waals surface area contributed by atoms with E-state index in [9.17, 15) is 18.4 Å². The number of nitrogens with one attached hydrogen (secondary N) is 1. The van der Waals surface area contributed by atoms with E-state index in [1.54, 1.807) is 29.2 Å². The molecule has 0 radical (unpaired) electrons. The molecule has 1 saturated heterocycles. The fourth-order valence-electron chi connectivity index (χ4n) is 2.55. The normalized spacial score (nSPS) is 14.2. The Morgan fingerprint density at radius 3 is 2.44 bits per heavy atom. The summed E-state index contributed by atoms with van der Waals surface area (Å²) in [4.78, 5) is 26.6. The van der Waals surface area contributed by atoms with E-state index in [2.05, 4.69) is 5.32 Å². The first-order chi connectivity index (χ1) is 12.1.